The number of esters is 1. The van der Waals surface area contributed by atoms with Gasteiger partial charge in [0.2, 0.25) is 0 Å². The van der Waals surface area contributed by atoms with Crippen molar-refractivity contribution in [2.45, 2.75) is 70.4 Å². The van der Waals surface area contributed by atoms with E-state index >= 15 is 0 Å². The largest absolute Gasteiger partial charge is 0.466 e. The number of carbonyl (C=O) groups is 1. The molecule has 18 heavy (non-hydrogen) atoms. The molecule has 0 amide bonds. The molecule has 4 heteroatoms. The minimum Gasteiger partial charge on any atom is -0.466 e. The Morgan fingerprint density at radius 3 is 2.50 bits per heavy atom. The first-order valence-corrected chi connectivity index (χ1v) is 7.17. The minimum atomic E-state index is -0.584. The van der Waals surface area contributed by atoms with Crippen molar-refractivity contribution in [1.82, 2.24) is 5.32 Å². The van der Waals surface area contributed by atoms with Gasteiger partial charge in [-0.15, -0.1) is 0 Å². The van der Waals surface area contributed by atoms with Gasteiger partial charge < -0.3 is 15.2 Å². The van der Waals surface area contributed by atoms with E-state index in [9.17, 15) is 9.90 Å². The van der Waals surface area contributed by atoms with Crippen molar-refractivity contribution in [1.29, 1.82) is 0 Å². The van der Waals surface area contributed by atoms with Gasteiger partial charge in [0.05, 0.1) is 18.6 Å². The van der Waals surface area contributed by atoms with Crippen molar-refractivity contribution in [3.8, 4) is 0 Å². The van der Waals surface area contributed by atoms with E-state index in [1.54, 1.807) is 0 Å². The smallest absolute Gasteiger partial charge is 0.307 e. The molecule has 0 aromatic carbocycles. The highest BCUT2D eigenvalue weighted by atomic mass is 16.5. The second-order valence-corrected chi connectivity index (χ2v) is 5.43. The summed E-state index contributed by atoms with van der Waals surface area (Å²) in [5, 5.41) is 13.7. The third-order valence-corrected chi connectivity index (χ3v) is 3.59. The Morgan fingerprint density at radius 1 is 1.33 bits per heavy atom. The topological polar surface area (TPSA) is 58.6 Å². The summed E-state index contributed by atoms with van der Waals surface area (Å²) in [6.07, 6.45) is 6.75. The summed E-state index contributed by atoms with van der Waals surface area (Å²) >= 11 is 0. The van der Waals surface area contributed by atoms with Crippen LogP contribution in [0.2, 0.25) is 0 Å². The summed E-state index contributed by atoms with van der Waals surface area (Å²) in [5.74, 6) is -0.176. The Kier molecular flexibility index (Phi) is 6.65. The summed E-state index contributed by atoms with van der Waals surface area (Å²) in [5.41, 5.74) is -0.584. The van der Waals surface area contributed by atoms with Crippen LogP contribution in [0.15, 0.2) is 0 Å². The number of aliphatic hydroxyl groups is 1. The molecule has 0 heterocycles. The normalized spacial score (nSPS) is 21.1. The first kappa shape index (κ1) is 15.4. The van der Waals surface area contributed by atoms with Crippen LogP contribution in [0.3, 0.4) is 0 Å². The quantitative estimate of drug-likeness (QED) is 0.564. The van der Waals surface area contributed by atoms with E-state index in [1.165, 1.54) is 12.8 Å². The van der Waals surface area contributed by atoms with Crippen molar-refractivity contribution in [2.24, 2.45) is 0 Å². The average Bonchev–Trinajstić information content (AvgIpc) is 2.53. The van der Waals surface area contributed by atoms with Gasteiger partial charge in [0.25, 0.3) is 0 Å². The lowest BCUT2D eigenvalue weighted by Crippen LogP contribution is -2.44. The van der Waals surface area contributed by atoms with Crippen molar-refractivity contribution in [3.63, 3.8) is 0 Å². The lowest BCUT2D eigenvalue weighted by atomic mass is 9.94. The van der Waals surface area contributed by atoms with E-state index in [4.69, 9.17) is 4.74 Å². The molecule has 1 rings (SSSR count). The van der Waals surface area contributed by atoms with Gasteiger partial charge in [0, 0.05) is 12.6 Å². The van der Waals surface area contributed by atoms with Crippen LogP contribution in [0, 0.1) is 0 Å². The molecule has 4 nitrogen and oxygen atoms in total. The molecule has 0 bridgehead atoms. The number of hydrogen-bond acceptors (Lipinski definition) is 4. The molecule has 1 fully saturated rings. The molecular formula is C14H27NO3. The van der Waals surface area contributed by atoms with Crippen LogP contribution in [-0.2, 0) is 9.53 Å². The third kappa shape index (κ3) is 5.83. The predicted octanol–water partition coefficient (Wildman–Crippen LogP) is 2.00. The van der Waals surface area contributed by atoms with Crippen LogP contribution >= 0.6 is 0 Å². The Labute approximate surface area is 110 Å². The standard InChI is InChI=1S/C14H27NO3/c1-3-18-13(16)10-12(2)15-11-14(17)8-6-4-5-7-9-14/h12,15,17H,3-11H2,1-2H3. The van der Waals surface area contributed by atoms with Gasteiger partial charge in [-0.25, -0.2) is 0 Å². The number of nitrogens with one attached hydrogen (secondary N) is 1. The third-order valence-electron chi connectivity index (χ3n) is 3.59. The van der Waals surface area contributed by atoms with Gasteiger partial charge in [-0.1, -0.05) is 25.7 Å². The SMILES string of the molecule is CCOC(=O)CC(C)NCC1(O)CCCCCC1. The zero-order valence-corrected chi connectivity index (χ0v) is 11.7. The molecule has 0 saturated heterocycles. The average molecular weight is 257 g/mol. The molecule has 1 unspecified atom stereocenters. The van der Waals surface area contributed by atoms with Crippen LogP contribution in [0.4, 0.5) is 0 Å². The highest BCUT2D eigenvalue weighted by Gasteiger charge is 2.28. The van der Waals surface area contributed by atoms with Gasteiger partial charge in [-0.3, -0.25) is 4.79 Å². The fourth-order valence-electron chi connectivity index (χ4n) is 2.47. The Hall–Kier alpha value is -0.610. The summed E-state index contributed by atoms with van der Waals surface area (Å²) in [4.78, 5) is 11.3. The summed E-state index contributed by atoms with van der Waals surface area (Å²) in [7, 11) is 0. The highest BCUT2D eigenvalue weighted by Crippen LogP contribution is 2.26. The van der Waals surface area contributed by atoms with Crippen LogP contribution in [-0.4, -0.2) is 35.9 Å². The lowest BCUT2D eigenvalue weighted by molar-refractivity contribution is -0.143. The van der Waals surface area contributed by atoms with Crippen molar-refractivity contribution in [2.75, 3.05) is 13.2 Å². The second-order valence-electron chi connectivity index (χ2n) is 5.43. The maximum absolute atomic E-state index is 11.3. The summed E-state index contributed by atoms with van der Waals surface area (Å²) in [6, 6.07) is 0.0522. The van der Waals surface area contributed by atoms with E-state index in [1.807, 2.05) is 13.8 Å². The van der Waals surface area contributed by atoms with E-state index < -0.39 is 5.60 Å². The van der Waals surface area contributed by atoms with E-state index in [0.717, 1.165) is 25.7 Å². The monoisotopic (exact) mass is 257 g/mol. The first-order valence-electron chi connectivity index (χ1n) is 7.17. The highest BCUT2D eigenvalue weighted by molar-refractivity contribution is 5.69. The summed E-state index contributed by atoms with van der Waals surface area (Å²) in [6.45, 7) is 4.77. The molecule has 1 aliphatic carbocycles. The fourth-order valence-corrected chi connectivity index (χ4v) is 2.47. The van der Waals surface area contributed by atoms with Crippen LogP contribution in [0.1, 0.15) is 58.8 Å². The minimum absolute atomic E-state index is 0.0522. The molecule has 1 atom stereocenters. The molecule has 0 aliphatic heterocycles. The second kappa shape index (κ2) is 7.74. The zero-order valence-electron chi connectivity index (χ0n) is 11.7. The van der Waals surface area contributed by atoms with Crippen LogP contribution in [0.5, 0.6) is 0 Å². The molecule has 0 radical (unpaired) electrons. The first-order chi connectivity index (χ1) is 8.56. The Morgan fingerprint density at radius 2 is 1.94 bits per heavy atom. The molecule has 106 valence electrons. The van der Waals surface area contributed by atoms with Gasteiger partial charge in [-0.05, 0) is 26.7 Å². The number of hydrogen-bond donors (Lipinski definition) is 2. The predicted molar refractivity (Wildman–Crippen MR) is 71.4 cm³/mol. The fraction of sp³-hybridized carbons (Fsp3) is 0.929. The molecule has 0 aromatic heterocycles. The molecular weight excluding hydrogens is 230 g/mol. The lowest BCUT2D eigenvalue weighted by Gasteiger charge is -2.28. The van der Waals surface area contributed by atoms with Gasteiger partial charge >= 0.3 is 5.97 Å². The number of rotatable bonds is 6. The molecule has 0 aromatic rings. The summed E-state index contributed by atoms with van der Waals surface area (Å²) < 4.78 is 4.91. The number of ether oxygens (including phenoxy) is 1. The van der Waals surface area contributed by atoms with Gasteiger partial charge in [-0.2, -0.15) is 0 Å². The van der Waals surface area contributed by atoms with E-state index in [2.05, 4.69) is 5.32 Å². The van der Waals surface area contributed by atoms with Crippen molar-refractivity contribution >= 4 is 5.97 Å². The van der Waals surface area contributed by atoms with Gasteiger partial charge in [0.1, 0.15) is 0 Å². The van der Waals surface area contributed by atoms with E-state index in [-0.39, 0.29) is 12.0 Å². The maximum Gasteiger partial charge on any atom is 0.307 e. The van der Waals surface area contributed by atoms with Crippen molar-refractivity contribution in [3.05, 3.63) is 0 Å². The van der Waals surface area contributed by atoms with Crippen molar-refractivity contribution < 1.29 is 14.6 Å². The van der Waals surface area contributed by atoms with E-state index in [0.29, 0.717) is 19.6 Å². The number of carbonyl (C=O) groups excluding carboxylic acids is 1. The van der Waals surface area contributed by atoms with Gasteiger partial charge in [0.15, 0.2) is 0 Å². The molecule has 1 aliphatic rings. The molecule has 0 spiro atoms. The molecule has 1 saturated carbocycles. The zero-order chi connectivity index (χ0) is 13.4. The maximum atomic E-state index is 11.3. The van der Waals surface area contributed by atoms with Crippen LogP contribution in [0.25, 0.3) is 0 Å². The Balaban J connectivity index is 2.27. The van der Waals surface area contributed by atoms with Crippen LogP contribution < -0.4 is 5.32 Å². The Bertz CT molecular complexity index is 247. The molecule has 2 N–H and O–H groups in total.